The highest BCUT2D eigenvalue weighted by molar-refractivity contribution is 5.87. The van der Waals surface area contributed by atoms with Gasteiger partial charge in [-0.2, -0.15) is 0 Å². The molecule has 0 unspecified atom stereocenters. The van der Waals surface area contributed by atoms with Gasteiger partial charge in [-0.25, -0.2) is 0 Å². The van der Waals surface area contributed by atoms with E-state index in [-0.39, 0.29) is 0 Å². The molecule has 84 valence electrons. The van der Waals surface area contributed by atoms with E-state index in [1.807, 2.05) is 19.1 Å². The Kier molecular flexibility index (Phi) is 3.93. The Morgan fingerprint density at radius 2 is 1.41 bits per heavy atom. The van der Waals surface area contributed by atoms with Crippen LogP contribution in [0.4, 0.5) is 0 Å². The van der Waals surface area contributed by atoms with Crippen LogP contribution in [0.15, 0.2) is 72.8 Å². The molecule has 0 aromatic heterocycles. The maximum Gasteiger partial charge on any atom is -0.0181 e. The van der Waals surface area contributed by atoms with Crippen LogP contribution in [0.1, 0.15) is 18.1 Å². The van der Waals surface area contributed by atoms with E-state index in [1.165, 1.54) is 16.7 Å². The Labute approximate surface area is 103 Å². The summed E-state index contributed by atoms with van der Waals surface area (Å²) in [6.07, 6.45) is 6.42. The SMILES string of the molecule is CC=CC(=Cc1ccccc1)c1ccccc1. The molecule has 0 fully saturated rings. The fourth-order valence-electron chi connectivity index (χ4n) is 1.77. The van der Waals surface area contributed by atoms with Gasteiger partial charge in [-0.1, -0.05) is 72.8 Å². The van der Waals surface area contributed by atoms with Gasteiger partial charge in [0.1, 0.15) is 0 Å². The Morgan fingerprint density at radius 1 is 0.824 bits per heavy atom. The lowest BCUT2D eigenvalue weighted by molar-refractivity contribution is 1.60. The summed E-state index contributed by atoms with van der Waals surface area (Å²) in [6.45, 7) is 2.04. The van der Waals surface area contributed by atoms with Crippen LogP contribution in [0.25, 0.3) is 11.6 Å². The molecule has 0 aliphatic carbocycles. The molecule has 0 heteroatoms. The van der Waals surface area contributed by atoms with Gasteiger partial charge in [0.2, 0.25) is 0 Å². The second-order valence-electron chi connectivity index (χ2n) is 3.88. The van der Waals surface area contributed by atoms with Gasteiger partial charge in [-0.15, -0.1) is 0 Å². The molecule has 0 atom stereocenters. The van der Waals surface area contributed by atoms with Crippen molar-refractivity contribution < 1.29 is 0 Å². The van der Waals surface area contributed by atoms with E-state index < -0.39 is 0 Å². The van der Waals surface area contributed by atoms with Crippen LogP contribution < -0.4 is 0 Å². The Hall–Kier alpha value is -2.08. The molecule has 0 radical (unpaired) electrons. The van der Waals surface area contributed by atoms with E-state index >= 15 is 0 Å². The van der Waals surface area contributed by atoms with Crippen molar-refractivity contribution in [2.75, 3.05) is 0 Å². The first-order chi connectivity index (χ1) is 8.40. The standard InChI is InChI=1S/C17H16/c1-2-9-17(16-12-7-4-8-13-16)14-15-10-5-3-6-11-15/h2-14H,1H3. The van der Waals surface area contributed by atoms with E-state index in [0.717, 1.165) is 0 Å². The highest BCUT2D eigenvalue weighted by Gasteiger charge is 1.96. The van der Waals surface area contributed by atoms with Crippen molar-refractivity contribution >= 4 is 11.6 Å². The zero-order valence-corrected chi connectivity index (χ0v) is 10.0. The number of allylic oxidation sites excluding steroid dienone is 3. The minimum absolute atomic E-state index is 1.23. The second-order valence-corrected chi connectivity index (χ2v) is 3.88. The summed E-state index contributed by atoms with van der Waals surface area (Å²) >= 11 is 0. The summed E-state index contributed by atoms with van der Waals surface area (Å²) in [4.78, 5) is 0. The van der Waals surface area contributed by atoms with Gasteiger partial charge in [-0.3, -0.25) is 0 Å². The maximum absolute atomic E-state index is 2.20. The highest BCUT2D eigenvalue weighted by Crippen LogP contribution is 2.19. The first-order valence-corrected chi connectivity index (χ1v) is 5.85. The molecular formula is C17H16. The Morgan fingerprint density at radius 3 is 2.00 bits per heavy atom. The normalized spacial score (nSPS) is 11.9. The molecule has 0 saturated carbocycles. The van der Waals surface area contributed by atoms with Gasteiger partial charge >= 0.3 is 0 Å². The minimum Gasteiger partial charge on any atom is -0.0870 e. The summed E-state index contributed by atoms with van der Waals surface area (Å²) in [7, 11) is 0. The van der Waals surface area contributed by atoms with Crippen LogP contribution in [0.2, 0.25) is 0 Å². The van der Waals surface area contributed by atoms with Crippen molar-refractivity contribution in [2.45, 2.75) is 6.92 Å². The van der Waals surface area contributed by atoms with E-state index in [4.69, 9.17) is 0 Å². The topological polar surface area (TPSA) is 0 Å². The summed E-state index contributed by atoms with van der Waals surface area (Å²) in [5, 5.41) is 0. The van der Waals surface area contributed by atoms with Crippen LogP contribution >= 0.6 is 0 Å². The zero-order chi connectivity index (χ0) is 11.9. The van der Waals surface area contributed by atoms with Gasteiger partial charge in [-0.05, 0) is 29.7 Å². The monoisotopic (exact) mass is 220 g/mol. The van der Waals surface area contributed by atoms with Crippen LogP contribution in [-0.4, -0.2) is 0 Å². The first kappa shape index (κ1) is 11.4. The fourth-order valence-corrected chi connectivity index (χ4v) is 1.77. The van der Waals surface area contributed by atoms with Gasteiger partial charge in [0, 0.05) is 0 Å². The number of hydrogen-bond donors (Lipinski definition) is 0. The largest absolute Gasteiger partial charge is 0.0870 e. The first-order valence-electron chi connectivity index (χ1n) is 5.85. The lowest BCUT2D eigenvalue weighted by Gasteiger charge is -2.02. The third kappa shape index (κ3) is 3.18. The van der Waals surface area contributed by atoms with Crippen molar-refractivity contribution in [1.82, 2.24) is 0 Å². The molecule has 17 heavy (non-hydrogen) atoms. The van der Waals surface area contributed by atoms with E-state index in [0.29, 0.717) is 0 Å². The molecule has 0 spiro atoms. The third-order valence-electron chi connectivity index (χ3n) is 2.58. The maximum atomic E-state index is 2.20. The molecule has 0 aliphatic heterocycles. The molecule has 2 aromatic carbocycles. The quantitative estimate of drug-likeness (QED) is 0.514. The second kappa shape index (κ2) is 5.86. The Balaban J connectivity index is 2.40. The molecule has 2 rings (SSSR count). The van der Waals surface area contributed by atoms with Gasteiger partial charge < -0.3 is 0 Å². The summed E-state index contributed by atoms with van der Waals surface area (Å²) < 4.78 is 0. The lowest BCUT2D eigenvalue weighted by Crippen LogP contribution is -1.80. The predicted octanol–water partition coefficient (Wildman–Crippen LogP) is 4.80. The Bertz CT molecular complexity index is 504. The third-order valence-corrected chi connectivity index (χ3v) is 2.58. The molecule has 0 amide bonds. The predicted molar refractivity (Wildman–Crippen MR) is 75.6 cm³/mol. The summed E-state index contributed by atoms with van der Waals surface area (Å²) in [6, 6.07) is 20.8. The molecule has 0 saturated heterocycles. The molecule has 0 nitrogen and oxygen atoms in total. The molecule has 2 aromatic rings. The van der Waals surface area contributed by atoms with Crippen molar-refractivity contribution in [3.8, 4) is 0 Å². The average molecular weight is 220 g/mol. The molecule has 0 aliphatic rings. The van der Waals surface area contributed by atoms with Crippen LogP contribution in [-0.2, 0) is 0 Å². The fraction of sp³-hybridized carbons (Fsp3) is 0.0588. The van der Waals surface area contributed by atoms with Gasteiger partial charge in [0.05, 0.1) is 0 Å². The van der Waals surface area contributed by atoms with Crippen molar-refractivity contribution in [1.29, 1.82) is 0 Å². The van der Waals surface area contributed by atoms with E-state index in [9.17, 15) is 0 Å². The van der Waals surface area contributed by atoms with Crippen molar-refractivity contribution in [3.05, 3.63) is 83.9 Å². The number of hydrogen-bond acceptors (Lipinski definition) is 0. The van der Waals surface area contributed by atoms with Crippen molar-refractivity contribution in [2.24, 2.45) is 0 Å². The van der Waals surface area contributed by atoms with Crippen molar-refractivity contribution in [3.63, 3.8) is 0 Å². The highest BCUT2D eigenvalue weighted by atomic mass is 14.0. The van der Waals surface area contributed by atoms with Crippen LogP contribution in [0.5, 0.6) is 0 Å². The molecular weight excluding hydrogens is 204 g/mol. The zero-order valence-electron chi connectivity index (χ0n) is 10.0. The average Bonchev–Trinajstić information content (AvgIpc) is 2.40. The summed E-state index contributed by atoms with van der Waals surface area (Å²) in [5.41, 5.74) is 3.71. The van der Waals surface area contributed by atoms with Crippen LogP contribution in [0.3, 0.4) is 0 Å². The molecule has 0 bridgehead atoms. The minimum atomic E-state index is 1.23. The lowest BCUT2D eigenvalue weighted by atomic mass is 10.0. The van der Waals surface area contributed by atoms with Gasteiger partial charge in [0.25, 0.3) is 0 Å². The van der Waals surface area contributed by atoms with E-state index in [1.54, 1.807) is 0 Å². The molecule has 0 heterocycles. The summed E-state index contributed by atoms with van der Waals surface area (Å²) in [5.74, 6) is 0. The van der Waals surface area contributed by atoms with Crippen LogP contribution in [0, 0.1) is 0 Å². The number of benzene rings is 2. The molecule has 0 N–H and O–H groups in total. The van der Waals surface area contributed by atoms with Gasteiger partial charge in [0.15, 0.2) is 0 Å². The van der Waals surface area contributed by atoms with E-state index in [2.05, 4.69) is 66.8 Å². The number of rotatable bonds is 3. The smallest absolute Gasteiger partial charge is 0.0181 e.